The molecule has 0 heterocycles. The van der Waals surface area contributed by atoms with E-state index in [0.29, 0.717) is 30.1 Å². The summed E-state index contributed by atoms with van der Waals surface area (Å²) in [5.41, 5.74) is -0.182. The van der Waals surface area contributed by atoms with Gasteiger partial charge in [0.2, 0.25) is 0 Å². The van der Waals surface area contributed by atoms with Crippen molar-refractivity contribution in [3.8, 4) is 0 Å². The predicted octanol–water partition coefficient (Wildman–Crippen LogP) is 2.62. The summed E-state index contributed by atoms with van der Waals surface area (Å²) in [5, 5.41) is 10.2. The summed E-state index contributed by atoms with van der Waals surface area (Å²) >= 11 is 5.97. The number of carbonyl (C=O) groups excluding carboxylic acids is 1. The molecule has 18 heavy (non-hydrogen) atoms. The zero-order valence-electron chi connectivity index (χ0n) is 11.1. The van der Waals surface area contributed by atoms with Gasteiger partial charge >= 0.3 is 0 Å². The van der Waals surface area contributed by atoms with Gasteiger partial charge in [0, 0.05) is 25.1 Å². The van der Waals surface area contributed by atoms with E-state index in [1.54, 1.807) is 38.1 Å². The summed E-state index contributed by atoms with van der Waals surface area (Å²) in [6.07, 6.45) is 0.399. The number of hydrogen-bond acceptors (Lipinski definition) is 3. The number of aliphatic hydroxyl groups is 1. The molecule has 0 saturated carbocycles. The molecule has 0 atom stereocenters. The van der Waals surface area contributed by atoms with Crippen LogP contribution in [0.4, 0.5) is 0 Å². The number of rotatable bonds is 6. The van der Waals surface area contributed by atoms with Crippen LogP contribution in [0.3, 0.4) is 0 Å². The summed E-state index contributed by atoms with van der Waals surface area (Å²) in [6, 6.07) is 7.06. The van der Waals surface area contributed by atoms with Crippen LogP contribution >= 0.6 is 11.6 Å². The highest BCUT2D eigenvalue weighted by atomic mass is 35.5. The summed E-state index contributed by atoms with van der Waals surface area (Å²) in [5.74, 6) is 0.0307. The molecule has 0 saturated heterocycles. The topological polar surface area (TPSA) is 40.5 Å². The number of Topliss-reactive ketones (excluding diaryl/α,β-unsaturated/α-hetero) is 1. The second-order valence-corrected chi connectivity index (χ2v) is 5.61. The van der Waals surface area contributed by atoms with Gasteiger partial charge in [-0.3, -0.25) is 4.79 Å². The van der Waals surface area contributed by atoms with Gasteiger partial charge in [0.25, 0.3) is 0 Å². The first-order valence-electron chi connectivity index (χ1n) is 5.98. The van der Waals surface area contributed by atoms with Gasteiger partial charge < -0.3 is 10.0 Å². The molecule has 0 amide bonds. The molecule has 0 aromatic heterocycles. The fraction of sp³-hybridized carbons (Fsp3) is 0.500. The molecule has 0 spiro atoms. The quantitative estimate of drug-likeness (QED) is 0.807. The Kier molecular flexibility index (Phi) is 5.32. The van der Waals surface area contributed by atoms with Gasteiger partial charge in [0.05, 0.1) is 10.6 Å². The zero-order chi connectivity index (χ0) is 13.8. The van der Waals surface area contributed by atoms with E-state index in [1.165, 1.54) is 0 Å². The highest BCUT2D eigenvalue weighted by molar-refractivity contribution is 6.33. The molecule has 4 heteroatoms. The predicted molar refractivity (Wildman–Crippen MR) is 74.2 cm³/mol. The van der Waals surface area contributed by atoms with Crippen LogP contribution in [-0.2, 0) is 0 Å². The Morgan fingerprint density at radius 1 is 1.39 bits per heavy atom. The van der Waals surface area contributed by atoms with Crippen molar-refractivity contribution in [2.24, 2.45) is 0 Å². The number of hydrogen-bond donors (Lipinski definition) is 1. The molecule has 100 valence electrons. The van der Waals surface area contributed by atoms with E-state index in [1.807, 2.05) is 11.9 Å². The highest BCUT2D eigenvalue weighted by Crippen LogP contribution is 2.16. The van der Waals surface area contributed by atoms with Crippen LogP contribution in [0.5, 0.6) is 0 Å². The van der Waals surface area contributed by atoms with Crippen molar-refractivity contribution in [2.45, 2.75) is 25.9 Å². The lowest BCUT2D eigenvalue weighted by molar-refractivity contribution is 0.0437. The van der Waals surface area contributed by atoms with Crippen molar-refractivity contribution in [3.63, 3.8) is 0 Å². The van der Waals surface area contributed by atoms with E-state index in [2.05, 4.69) is 0 Å². The fourth-order valence-electron chi connectivity index (χ4n) is 1.85. The summed E-state index contributed by atoms with van der Waals surface area (Å²) < 4.78 is 0. The first kappa shape index (κ1) is 15.2. The van der Waals surface area contributed by atoms with Crippen molar-refractivity contribution >= 4 is 17.4 Å². The smallest absolute Gasteiger partial charge is 0.165 e. The maximum absolute atomic E-state index is 12.0. The van der Waals surface area contributed by atoms with E-state index in [-0.39, 0.29) is 5.78 Å². The van der Waals surface area contributed by atoms with Crippen LogP contribution in [0.1, 0.15) is 30.6 Å². The number of carbonyl (C=O) groups is 1. The van der Waals surface area contributed by atoms with E-state index < -0.39 is 5.60 Å². The molecular formula is C14H20ClNO2. The molecule has 0 radical (unpaired) electrons. The lowest BCUT2D eigenvalue weighted by atomic mass is 10.1. The van der Waals surface area contributed by atoms with Crippen molar-refractivity contribution < 1.29 is 9.90 Å². The molecule has 1 aromatic rings. The fourth-order valence-corrected chi connectivity index (χ4v) is 2.10. The average molecular weight is 270 g/mol. The second-order valence-electron chi connectivity index (χ2n) is 5.20. The van der Waals surface area contributed by atoms with Crippen molar-refractivity contribution in [1.29, 1.82) is 0 Å². The third kappa shape index (κ3) is 5.17. The molecule has 1 rings (SSSR count). The Balaban J connectivity index is 2.50. The van der Waals surface area contributed by atoms with Crippen LogP contribution in [-0.4, -0.2) is 41.5 Å². The molecule has 0 bridgehead atoms. The molecule has 0 fully saturated rings. The van der Waals surface area contributed by atoms with Crippen molar-refractivity contribution in [3.05, 3.63) is 34.9 Å². The Morgan fingerprint density at radius 3 is 2.56 bits per heavy atom. The van der Waals surface area contributed by atoms with Crippen LogP contribution < -0.4 is 0 Å². The third-order valence-electron chi connectivity index (χ3n) is 2.55. The molecule has 1 N–H and O–H groups in total. The van der Waals surface area contributed by atoms with Crippen LogP contribution in [0.2, 0.25) is 5.02 Å². The normalized spacial score (nSPS) is 11.9. The molecule has 0 aliphatic rings. The van der Waals surface area contributed by atoms with Crippen LogP contribution in [0, 0.1) is 0 Å². The first-order valence-corrected chi connectivity index (χ1v) is 6.36. The molecule has 0 aliphatic carbocycles. The minimum atomic E-state index is -0.748. The SMILES string of the molecule is CN(CCC(=O)c1ccccc1Cl)CC(C)(C)O. The summed E-state index contributed by atoms with van der Waals surface area (Å²) in [4.78, 5) is 13.9. The molecular weight excluding hydrogens is 250 g/mol. The third-order valence-corrected chi connectivity index (χ3v) is 2.88. The van der Waals surface area contributed by atoms with Crippen molar-refractivity contribution in [2.75, 3.05) is 20.1 Å². The minimum Gasteiger partial charge on any atom is -0.389 e. The average Bonchev–Trinajstić information content (AvgIpc) is 2.24. The lowest BCUT2D eigenvalue weighted by Crippen LogP contribution is -2.37. The van der Waals surface area contributed by atoms with E-state index >= 15 is 0 Å². The number of likely N-dealkylation sites (N-methyl/N-ethyl adjacent to an activating group) is 1. The first-order chi connectivity index (χ1) is 8.29. The van der Waals surface area contributed by atoms with Gasteiger partial charge in [-0.1, -0.05) is 23.7 Å². The number of benzene rings is 1. The standard InChI is InChI=1S/C14H20ClNO2/c1-14(2,18)10-16(3)9-8-13(17)11-6-4-5-7-12(11)15/h4-7,18H,8-10H2,1-3H3. The Hall–Kier alpha value is -0.900. The monoisotopic (exact) mass is 269 g/mol. The van der Waals surface area contributed by atoms with E-state index in [9.17, 15) is 9.90 Å². The number of ketones is 1. The number of nitrogens with zero attached hydrogens (tertiary/aromatic N) is 1. The Labute approximate surface area is 113 Å². The molecule has 0 unspecified atom stereocenters. The van der Waals surface area contributed by atoms with Crippen molar-refractivity contribution in [1.82, 2.24) is 4.90 Å². The molecule has 1 aromatic carbocycles. The van der Waals surface area contributed by atoms with Crippen LogP contribution in [0.15, 0.2) is 24.3 Å². The Morgan fingerprint density at radius 2 is 2.00 bits per heavy atom. The van der Waals surface area contributed by atoms with Gasteiger partial charge in [0.1, 0.15) is 0 Å². The molecule has 3 nitrogen and oxygen atoms in total. The highest BCUT2D eigenvalue weighted by Gasteiger charge is 2.17. The maximum Gasteiger partial charge on any atom is 0.165 e. The van der Waals surface area contributed by atoms with Gasteiger partial charge in [-0.15, -0.1) is 0 Å². The van der Waals surface area contributed by atoms with Crippen LogP contribution in [0.25, 0.3) is 0 Å². The minimum absolute atomic E-state index is 0.0307. The Bertz CT molecular complexity index is 413. The summed E-state index contributed by atoms with van der Waals surface area (Å²) in [6.45, 7) is 4.63. The zero-order valence-corrected chi connectivity index (χ0v) is 11.9. The van der Waals surface area contributed by atoms with Gasteiger partial charge in [-0.2, -0.15) is 0 Å². The number of halogens is 1. The second kappa shape index (κ2) is 6.32. The summed E-state index contributed by atoms with van der Waals surface area (Å²) in [7, 11) is 1.89. The molecule has 0 aliphatic heterocycles. The lowest BCUT2D eigenvalue weighted by Gasteiger charge is -2.25. The van der Waals surface area contributed by atoms with E-state index in [4.69, 9.17) is 11.6 Å². The van der Waals surface area contributed by atoms with Gasteiger partial charge in [-0.05, 0) is 33.0 Å². The van der Waals surface area contributed by atoms with Gasteiger partial charge in [-0.25, -0.2) is 0 Å². The van der Waals surface area contributed by atoms with E-state index in [0.717, 1.165) is 0 Å². The van der Waals surface area contributed by atoms with Gasteiger partial charge in [0.15, 0.2) is 5.78 Å². The largest absolute Gasteiger partial charge is 0.389 e. The maximum atomic E-state index is 12.0.